The van der Waals surface area contributed by atoms with Gasteiger partial charge in [-0.1, -0.05) is 81.4 Å². The van der Waals surface area contributed by atoms with Crippen LogP contribution in [0.5, 0.6) is 0 Å². The SMILES string of the molecule is S=P12C3=C(\C=C/C=C\C=C3\OC3CCCCCCCC31)OC1CCCCCCCC12. The molecule has 2 saturated carbocycles. The van der Waals surface area contributed by atoms with Gasteiger partial charge >= 0.3 is 0 Å². The Labute approximate surface area is 187 Å². The largest absolute Gasteiger partial charge is 0.489 e. The van der Waals surface area contributed by atoms with Crippen LogP contribution in [-0.4, -0.2) is 23.5 Å². The molecule has 0 aromatic carbocycles. The summed E-state index contributed by atoms with van der Waals surface area (Å²) in [6, 6.07) is -1.83. The molecular formula is C26H37O2PS. The lowest BCUT2D eigenvalue weighted by Crippen LogP contribution is -2.44. The minimum Gasteiger partial charge on any atom is -0.489 e. The fourth-order valence-corrected chi connectivity index (χ4v) is 13.1. The van der Waals surface area contributed by atoms with Crippen molar-refractivity contribution in [3.8, 4) is 0 Å². The molecule has 5 atom stereocenters. The highest BCUT2D eigenvalue weighted by Crippen LogP contribution is 2.74. The monoisotopic (exact) mass is 444 g/mol. The van der Waals surface area contributed by atoms with Gasteiger partial charge in [0.1, 0.15) is 23.7 Å². The van der Waals surface area contributed by atoms with E-state index in [0.717, 1.165) is 11.5 Å². The minimum absolute atomic E-state index is 0.313. The van der Waals surface area contributed by atoms with Crippen molar-refractivity contribution >= 4 is 17.8 Å². The molecule has 1 saturated heterocycles. The van der Waals surface area contributed by atoms with E-state index in [1.165, 1.54) is 95.2 Å². The first-order valence-electron chi connectivity index (χ1n) is 12.5. The first-order valence-corrected chi connectivity index (χ1v) is 15.5. The Bertz CT molecular complexity index is 804. The Balaban J connectivity index is 1.64. The van der Waals surface area contributed by atoms with Gasteiger partial charge in [0.25, 0.3) is 0 Å². The van der Waals surface area contributed by atoms with Gasteiger partial charge in [0.2, 0.25) is 0 Å². The van der Waals surface area contributed by atoms with Crippen LogP contribution in [0.15, 0.2) is 47.2 Å². The van der Waals surface area contributed by atoms with Gasteiger partial charge in [0, 0.05) is 17.4 Å². The summed E-state index contributed by atoms with van der Waals surface area (Å²) in [6.45, 7) is 0. The maximum atomic E-state index is 6.97. The van der Waals surface area contributed by atoms with Crippen molar-refractivity contribution in [2.24, 2.45) is 0 Å². The van der Waals surface area contributed by atoms with Gasteiger partial charge in [0.05, 0.1) is 5.31 Å². The molecule has 0 aromatic heterocycles. The number of hydrogen-bond donors (Lipinski definition) is 0. The Morgan fingerprint density at radius 1 is 0.667 bits per heavy atom. The summed E-state index contributed by atoms with van der Waals surface area (Å²) in [7, 11) is 0. The van der Waals surface area contributed by atoms with Crippen LogP contribution >= 0.6 is 6.04 Å². The average molecular weight is 445 g/mol. The molecule has 5 aliphatic rings. The molecule has 4 heteroatoms. The quantitative estimate of drug-likeness (QED) is 0.356. The highest BCUT2D eigenvalue weighted by atomic mass is 32.4. The molecule has 164 valence electrons. The van der Waals surface area contributed by atoms with Crippen molar-refractivity contribution in [3.05, 3.63) is 47.2 Å². The van der Waals surface area contributed by atoms with E-state index in [9.17, 15) is 0 Å². The summed E-state index contributed by atoms with van der Waals surface area (Å²) < 4.78 is 13.6. The molecule has 0 amide bonds. The van der Waals surface area contributed by atoms with Crippen LogP contribution in [0.4, 0.5) is 0 Å². The molecule has 2 heterocycles. The van der Waals surface area contributed by atoms with Gasteiger partial charge in [-0.25, -0.2) is 0 Å². The first kappa shape index (κ1) is 21.1. The fourth-order valence-electron chi connectivity index (χ4n) is 6.44. The summed E-state index contributed by atoms with van der Waals surface area (Å²) in [6.07, 6.45) is 29.6. The van der Waals surface area contributed by atoms with E-state index in [4.69, 9.17) is 21.3 Å². The average Bonchev–Trinajstić information content (AvgIpc) is 2.92. The smallest absolute Gasteiger partial charge is 0.131 e. The van der Waals surface area contributed by atoms with Crippen LogP contribution in [0.25, 0.3) is 0 Å². The van der Waals surface area contributed by atoms with Crippen LogP contribution in [0.2, 0.25) is 0 Å². The lowest BCUT2D eigenvalue weighted by Gasteiger charge is -2.52. The second kappa shape index (κ2) is 9.37. The van der Waals surface area contributed by atoms with E-state index in [2.05, 4.69) is 30.4 Å². The summed E-state index contributed by atoms with van der Waals surface area (Å²) >= 11 is 6.97. The van der Waals surface area contributed by atoms with E-state index >= 15 is 0 Å². The third-order valence-electron chi connectivity index (χ3n) is 7.91. The van der Waals surface area contributed by atoms with Crippen LogP contribution in [0.1, 0.15) is 89.9 Å². The van der Waals surface area contributed by atoms with Crippen LogP contribution in [0, 0.1) is 0 Å². The maximum absolute atomic E-state index is 6.97. The molecular weight excluding hydrogens is 407 g/mol. The Morgan fingerprint density at radius 2 is 1.23 bits per heavy atom. The van der Waals surface area contributed by atoms with Crippen LogP contribution in [-0.2, 0) is 21.3 Å². The molecule has 2 aliphatic heterocycles. The predicted octanol–water partition coefficient (Wildman–Crippen LogP) is 7.71. The van der Waals surface area contributed by atoms with Crippen LogP contribution in [0.3, 0.4) is 0 Å². The predicted molar refractivity (Wildman–Crippen MR) is 130 cm³/mol. The highest BCUT2D eigenvalue weighted by molar-refractivity contribution is 8.17. The van der Waals surface area contributed by atoms with Gasteiger partial charge in [-0.2, -0.15) is 0 Å². The van der Waals surface area contributed by atoms with Gasteiger partial charge in [-0.05, 0) is 50.7 Å². The van der Waals surface area contributed by atoms with Gasteiger partial charge in [-0.3, -0.25) is 0 Å². The summed E-state index contributed by atoms with van der Waals surface area (Å²) in [5.41, 5.74) is 1.09. The lowest BCUT2D eigenvalue weighted by molar-refractivity contribution is 0.0758. The number of rotatable bonds is 0. The molecule has 0 bridgehead atoms. The molecule has 30 heavy (non-hydrogen) atoms. The molecule has 0 N–H and O–H groups in total. The van der Waals surface area contributed by atoms with E-state index in [0.29, 0.717) is 23.5 Å². The second-order valence-electron chi connectivity index (χ2n) is 9.83. The topological polar surface area (TPSA) is 18.5 Å². The number of hydrogen-bond acceptors (Lipinski definition) is 3. The Morgan fingerprint density at radius 3 is 1.90 bits per heavy atom. The third-order valence-corrected chi connectivity index (χ3v) is 14.4. The normalized spacial score (nSPS) is 43.3. The summed E-state index contributed by atoms with van der Waals surface area (Å²) in [5, 5.41) is 1.32. The second-order valence-corrected chi connectivity index (χ2v) is 14.8. The van der Waals surface area contributed by atoms with Crippen molar-refractivity contribution in [1.29, 1.82) is 0 Å². The summed E-state index contributed by atoms with van der Waals surface area (Å²) in [5.74, 6) is 2.10. The van der Waals surface area contributed by atoms with Gasteiger partial charge < -0.3 is 9.47 Å². The number of fused-ring (bicyclic) bond motifs is 4. The van der Waals surface area contributed by atoms with E-state index in [-0.39, 0.29) is 0 Å². The van der Waals surface area contributed by atoms with E-state index < -0.39 is 6.04 Å². The molecule has 3 fully saturated rings. The zero-order valence-electron chi connectivity index (χ0n) is 18.3. The van der Waals surface area contributed by atoms with Crippen molar-refractivity contribution in [2.45, 2.75) is 113 Å². The lowest BCUT2D eigenvalue weighted by atomic mass is 10.0. The highest BCUT2D eigenvalue weighted by Gasteiger charge is 2.54. The van der Waals surface area contributed by atoms with Gasteiger partial charge in [-0.15, -0.1) is 0 Å². The number of ether oxygens (including phenoxy) is 2. The Kier molecular flexibility index (Phi) is 6.58. The number of allylic oxidation sites excluding steroid dienone is 6. The zero-order valence-corrected chi connectivity index (χ0v) is 20.0. The van der Waals surface area contributed by atoms with Crippen LogP contribution < -0.4 is 0 Å². The molecule has 3 aliphatic carbocycles. The summed E-state index contributed by atoms with van der Waals surface area (Å²) in [4.78, 5) is 0. The standard InChI is InChI=1S/C26H37O2PS/c30-29-24-18-12-5-1-3-8-14-20(24)27-22-16-10-7-11-17-23(26(22)29)28-21-15-9-4-2-6-13-19-25(21)29/h7,10-11,16-17,20-21,24-25H,1-6,8-9,12-15,18-19H2/b10-7-,11-7?,16-10?,17-11-,22-16+,23-17?. The van der Waals surface area contributed by atoms with Crippen molar-refractivity contribution in [3.63, 3.8) is 0 Å². The van der Waals surface area contributed by atoms with Crippen molar-refractivity contribution in [2.75, 3.05) is 0 Å². The maximum Gasteiger partial charge on any atom is 0.131 e. The molecule has 2 nitrogen and oxygen atoms in total. The van der Waals surface area contributed by atoms with E-state index in [1.807, 2.05) is 0 Å². The molecule has 0 radical (unpaired) electrons. The van der Waals surface area contributed by atoms with Gasteiger partial charge in [0.15, 0.2) is 0 Å². The van der Waals surface area contributed by atoms with Crippen molar-refractivity contribution < 1.29 is 9.47 Å². The third kappa shape index (κ3) is 3.90. The molecule has 5 rings (SSSR count). The molecule has 0 spiro atoms. The fraction of sp³-hybridized carbons (Fsp3) is 0.692. The minimum atomic E-state index is -1.83. The zero-order chi connectivity index (χ0) is 20.4. The Hall–Kier alpha value is -0.790. The van der Waals surface area contributed by atoms with Crippen molar-refractivity contribution in [1.82, 2.24) is 0 Å². The van der Waals surface area contributed by atoms with E-state index in [1.54, 1.807) is 0 Å². The molecule has 0 aromatic rings. The molecule has 5 unspecified atom stereocenters. The first-order chi connectivity index (χ1) is 14.8.